The highest BCUT2D eigenvalue weighted by atomic mass is 16.6. The fourth-order valence-electron chi connectivity index (χ4n) is 4.93. The lowest BCUT2D eigenvalue weighted by molar-refractivity contribution is -0.132. The highest BCUT2D eigenvalue weighted by Gasteiger charge is 2.21. The Morgan fingerprint density at radius 1 is 0.379 bits per heavy atom. The van der Waals surface area contributed by atoms with Crippen LogP contribution in [0.5, 0.6) is 34.5 Å². The molecule has 58 heavy (non-hydrogen) atoms. The number of hydrogen-bond donors (Lipinski definition) is 0. The maximum Gasteiger partial charge on any atom is 0.338 e. The van der Waals surface area contributed by atoms with E-state index in [9.17, 15) is 19.2 Å². The van der Waals surface area contributed by atoms with E-state index in [2.05, 4.69) is 39.5 Å². The van der Waals surface area contributed by atoms with E-state index in [1.54, 1.807) is 30.3 Å². The van der Waals surface area contributed by atoms with E-state index in [0.717, 1.165) is 22.3 Å². The van der Waals surface area contributed by atoms with Gasteiger partial charge >= 0.3 is 23.9 Å². The third-order valence-corrected chi connectivity index (χ3v) is 7.96. The number of ether oxygens (including phenoxy) is 6. The molecule has 0 atom stereocenters. The predicted molar refractivity (Wildman–Crippen MR) is 225 cm³/mol. The molecule has 0 bridgehead atoms. The van der Waals surface area contributed by atoms with Gasteiger partial charge in [0.1, 0.15) is 24.7 Å². The number of rotatable bonds is 17. The van der Waals surface area contributed by atoms with E-state index in [4.69, 9.17) is 28.4 Å². The summed E-state index contributed by atoms with van der Waals surface area (Å²) < 4.78 is 34.7. The zero-order valence-electron chi connectivity index (χ0n) is 33.7. The fraction of sp³-hybridized carbons (Fsp3) is 0.167. The summed E-state index contributed by atoms with van der Waals surface area (Å²) in [5, 5.41) is 0. The Morgan fingerprint density at radius 3 is 1.07 bits per heavy atom. The lowest BCUT2D eigenvalue weighted by atomic mass is 9.96. The summed E-state index contributed by atoms with van der Waals surface area (Å²) in [6, 6.07) is 20.9. The summed E-state index contributed by atoms with van der Waals surface area (Å²) >= 11 is 0. The van der Waals surface area contributed by atoms with Gasteiger partial charge in [-0.25, -0.2) is 19.2 Å². The van der Waals surface area contributed by atoms with Crippen LogP contribution in [0, 0.1) is 0 Å². The van der Waals surface area contributed by atoms with E-state index >= 15 is 0 Å². The van der Waals surface area contributed by atoms with Gasteiger partial charge in [-0.3, -0.25) is 0 Å². The minimum Gasteiger partial charge on any atom is -0.489 e. The molecule has 0 spiro atoms. The largest absolute Gasteiger partial charge is 0.489 e. The molecule has 0 radical (unpaired) electrons. The van der Waals surface area contributed by atoms with Gasteiger partial charge in [0.15, 0.2) is 23.0 Å². The zero-order chi connectivity index (χ0) is 42.8. The van der Waals surface area contributed by atoms with Crippen molar-refractivity contribution in [2.45, 2.75) is 41.5 Å². The van der Waals surface area contributed by atoms with Crippen molar-refractivity contribution in [3.63, 3.8) is 0 Å². The molecule has 298 valence electrons. The van der Waals surface area contributed by atoms with Crippen LogP contribution in [0.25, 0.3) is 33.4 Å². The molecule has 0 aromatic heterocycles. The molecule has 0 aliphatic carbocycles. The van der Waals surface area contributed by atoms with Crippen LogP contribution in [0.2, 0.25) is 0 Å². The molecular formula is C48H46O10. The minimum atomic E-state index is -0.709. The van der Waals surface area contributed by atoms with Crippen LogP contribution in [-0.4, -0.2) is 37.1 Å². The van der Waals surface area contributed by atoms with Gasteiger partial charge in [0.05, 0.1) is 0 Å². The van der Waals surface area contributed by atoms with Gasteiger partial charge in [0.25, 0.3) is 0 Å². The van der Waals surface area contributed by atoms with Crippen LogP contribution >= 0.6 is 0 Å². The third-order valence-electron chi connectivity index (χ3n) is 7.96. The smallest absolute Gasteiger partial charge is 0.338 e. The Hall–Kier alpha value is -7.20. The Kier molecular flexibility index (Phi) is 14.3. The summed E-state index contributed by atoms with van der Waals surface area (Å²) in [4.78, 5) is 49.9. The van der Waals surface area contributed by atoms with Crippen molar-refractivity contribution in [1.82, 2.24) is 0 Å². The van der Waals surface area contributed by atoms with Crippen LogP contribution in [0.1, 0.15) is 41.5 Å². The molecule has 0 unspecified atom stereocenters. The Balaban J connectivity index is 1.86. The quantitative estimate of drug-likeness (QED) is 0.0442. The van der Waals surface area contributed by atoms with Gasteiger partial charge in [-0.1, -0.05) is 75.9 Å². The first-order valence-corrected chi connectivity index (χ1v) is 18.0. The average molecular weight is 783 g/mol. The van der Waals surface area contributed by atoms with E-state index in [1.165, 1.54) is 33.8 Å². The van der Waals surface area contributed by atoms with Gasteiger partial charge in [-0.05, 0) is 111 Å². The van der Waals surface area contributed by atoms with Crippen LogP contribution < -0.4 is 28.4 Å². The Morgan fingerprint density at radius 2 is 0.690 bits per heavy atom. The maximum atomic E-state index is 12.7. The molecule has 0 aliphatic rings. The van der Waals surface area contributed by atoms with Crippen molar-refractivity contribution in [1.29, 1.82) is 0 Å². The molecule has 4 aromatic rings. The summed E-state index contributed by atoms with van der Waals surface area (Å²) in [5.74, 6) is -1.72. The molecule has 0 fully saturated rings. The van der Waals surface area contributed by atoms with E-state index in [-0.39, 0.29) is 58.5 Å². The van der Waals surface area contributed by atoms with Crippen molar-refractivity contribution >= 4 is 23.9 Å². The first-order chi connectivity index (χ1) is 27.3. The number of carbonyl (C=O) groups excluding carboxylic acids is 4. The molecule has 10 nitrogen and oxygen atoms in total. The monoisotopic (exact) mass is 782 g/mol. The molecular weight excluding hydrogens is 737 g/mol. The SMILES string of the molecule is C=C(C)COc1cc(-c2ccc(OC(=O)C(=C)C)c(OC(=O)C(=C)C)c2)c(OCC(=C)C)cc1-c1ccc(-c2ccc(OC(=O)C(=C)C)c(OC(=O)C(=C)C)c2)cc1. The highest BCUT2D eigenvalue weighted by molar-refractivity contribution is 5.93. The molecule has 4 rings (SSSR count). The summed E-state index contributed by atoms with van der Waals surface area (Å²) in [5.41, 5.74) is 6.23. The minimum absolute atomic E-state index is 0.00911. The third kappa shape index (κ3) is 11.4. The van der Waals surface area contributed by atoms with Crippen LogP contribution in [-0.2, 0) is 19.2 Å². The lowest BCUT2D eigenvalue weighted by Crippen LogP contribution is -2.13. The number of carbonyl (C=O) groups is 4. The van der Waals surface area contributed by atoms with Crippen LogP contribution in [0.4, 0.5) is 0 Å². The van der Waals surface area contributed by atoms with Crippen LogP contribution in [0.3, 0.4) is 0 Å². The molecule has 0 amide bonds. The Labute approximate surface area is 339 Å². The highest BCUT2D eigenvalue weighted by Crippen LogP contribution is 2.44. The number of benzene rings is 4. The fourth-order valence-corrected chi connectivity index (χ4v) is 4.93. The van der Waals surface area contributed by atoms with Gasteiger partial charge in [0.2, 0.25) is 0 Å². The second-order valence-electron chi connectivity index (χ2n) is 13.9. The normalized spacial score (nSPS) is 10.4. The second-order valence-corrected chi connectivity index (χ2v) is 13.9. The molecule has 4 aromatic carbocycles. The van der Waals surface area contributed by atoms with Crippen molar-refractivity contribution in [3.8, 4) is 67.9 Å². The average Bonchev–Trinajstić information content (AvgIpc) is 3.17. The van der Waals surface area contributed by atoms with E-state index in [1.807, 2.05) is 50.2 Å². The van der Waals surface area contributed by atoms with Crippen LogP contribution in [0.15, 0.2) is 146 Å². The standard InChI is InChI=1S/C48H46O10/c1-27(2)25-53-41-24-38(36-18-20-40(56-46(50)30(7)8)44(22-36)58-48(52)32(11)12)42(54-26-28(3)4)23-37(41)34-15-13-33(14-16-34)35-17-19-39(55-45(49)29(5)6)43(21-35)57-47(51)31(9)10/h13-24H,1,3,5,7,9,11,25-26H2,2,4,6,8,10,12H3. The van der Waals surface area contributed by atoms with Crippen molar-refractivity contribution in [2.24, 2.45) is 0 Å². The lowest BCUT2D eigenvalue weighted by Gasteiger charge is -2.19. The van der Waals surface area contributed by atoms with Gasteiger partial charge in [-0.15, -0.1) is 0 Å². The van der Waals surface area contributed by atoms with Gasteiger partial charge < -0.3 is 28.4 Å². The second kappa shape index (κ2) is 19.1. The number of hydrogen-bond acceptors (Lipinski definition) is 10. The first kappa shape index (κ1) is 43.5. The molecule has 0 saturated heterocycles. The zero-order valence-corrected chi connectivity index (χ0v) is 33.7. The van der Waals surface area contributed by atoms with E-state index < -0.39 is 23.9 Å². The molecule has 0 N–H and O–H groups in total. The summed E-state index contributed by atoms with van der Waals surface area (Å²) in [6.45, 7) is 32.7. The first-order valence-electron chi connectivity index (χ1n) is 18.0. The Bertz CT molecular complexity index is 2380. The topological polar surface area (TPSA) is 124 Å². The predicted octanol–water partition coefficient (Wildman–Crippen LogP) is 10.5. The maximum absolute atomic E-state index is 12.7. The molecule has 10 heteroatoms. The van der Waals surface area contributed by atoms with Crippen molar-refractivity contribution < 1.29 is 47.6 Å². The van der Waals surface area contributed by atoms with Crippen molar-refractivity contribution in [3.05, 3.63) is 146 Å². The van der Waals surface area contributed by atoms with E-state index in [0.29, 0.717) is 33.8 Å². The summed E-state index contributed by atoms with van der Waals surface area (Å²) in [7, 11) is 0. The van der Waals surface area contributed by atoms with Gasteiger partial charge in [0, 0.05) is 33.4 Å². The van der Waals surface area contributed by atoms with Crippen molar-refractivity contribution in [2.75, 3.05) is 13.2 Å². The molecule has 0 saturated carbocycles. The molecule has 0 aliphatic heterocycles. The van der Waals surface area contributed by atoms with Gasteiger partial charge in [-0.2, -0.15) is 0 Å². The molecule has 0 heterocycles. The summed E-state index contributed by atoms with van der Waals surface area (Å²) in [6.07, 6.45) is 0. The number of esters is 4.